The van der Waals surface area contributed by atoms with Crippen LogP contribution in [0.5, 0.6) is 0 Å². The normalized spacial score (nSPS) is 10.9. The molecule has 0 fully saturated rings. The fraction of sp³-hybridized carbons (Fsp3) is 0.375. The van der Waals surface area contributed by atoms with E-state index in [2.05, 4.69) is 4.98 Å². The van der Waals surface area contributed by atoms with Crippen LogP contribution in [0, 0.1) is 0 Å². The molecule has 1 amide bonds. The maximum atomic E-state index is 12.7. The van der Waals surface area contributed by atoms with Gasteiger partial charge in [0.2, 0.25) is 0 Å². The molecule has 1 aromatic heterocycles. The average molecular weight is 287 g/mol. The molecule has 0 unspecified atom stereocenters. The number of amides is 1. The molecule has 5 heteroatoms. The molecule has 1 heterocycles. The summed E-state index contributed by atoms with van der Waals surface area (Å²) in [6.45, 7) is 4.55. The number of aromatic nitrogens is 2. The maximum Gasteiger partial charge on any atom is 0.272 e. The molecule has 5 nitrogen and oxygen atoms in total. The summed E-state index contributed by atoms with van der Waals surface area (Å²) in [5.74, 6) is -0.0696. The summed E-state index contributed by atoms with van der Waals surface area (Å²) in [5.41, 5.74) is 1.44. The van der Waals surface area contributed by atoms with Crippen LogP contribution in [0.2, 0.25) is 0 Å². The average Bonchev–Trinajstić information content (AvgIpc) is 2.97. The third kappa shape index (κ3) is 3.49. The van der Waals surface area contributed by atoms with Crippen LogP contribution in [-0.2, 0) is 0 Å². The van der Waals surface area contributed by atoms with Crippen LogP contribution in [0.4, 0.5) is 0 Å². The van der Waals surface area contributed by atoms with Gasteiger partial charge in [-0.3, -0.25) is 9.36 Å². The van der Waals surface area contributed by atoms with Crippen LogP contribution in [-0.4, -0.2) is 44.7 Å². The topological polar surface area (TPSA) is 58.4 Å². The molecule has 0 atom stereocenters. The van der Waals surface area contributed by atoms with E-state index >= 15 is 0 Å². The predicted molar refractivity (Wildman–Crippen MR) is 81.4 cm³/mol. The molecule has 1 N–H and O–H groups in total. The summed E-state index contributed by atoms with van der Waals surface area (Å²) < 4.78 is 1.79. The lowest BCUT2D eigenvalue weighted by Gasteiger charge is -2.26. The van der Waals surface area contributed by atoms with Crippen molar-refractivity contribution in [3.05, 3.63) is 48.5 Å². The highest BCUT2D eigenvalue weighted by Gasteiger charge is 2.22. The van der Waals surface area contributed by atoms with E-state index in [1.165, 1.54) is 0 Å². The lowest BCUT2D eigenvalue weighted by Crippen LogP contribution is -2.38. The summed E-state index contributed by atoms with van der Waals surface area (Å²) in [7, 11) is 0. The van der Waals surface area contributed by atoms with E-state index in [9.17, 15) is 4.79 Å². The third-order valence-electron chi connectivity index (χ3n) is 3.33. The fourth-order valence-corrected chi connectivity index (χ4v) is 2.23. The lowest BCUT2D eigenvalue weighted by molar-refractivity contribution is 0.0685. The van der Waals surface area contributed by atoms with Gasteiger partial charge >= 0.3 is 0 Å². The van der Waals surface area contributed by atoms with E-state index in [0.717, 1.165) is 5.69 Å². The molecule has 0 saturated carbocycles. The Morgan fingerprint density at radius 1 is 1.33 bits per heavy atom. The summed E-state index contributed by atoms with van der Waals surface area (Å²) in [5, 5.41) is 8.99. The first-order valence-corrected chi connectivity index (χ1v) is 7.14. The molecule has 2 rings (SSSR count). The number of nitrogens with zero attached hydrogens (tertiary/aromatic N) is 3. The number of aliphatic hydroxyl groups is 1. The minimum Gasteiger partial charge on any atom is -0.396 e. The molecule has 112 valence electrons. The number of benzene rings is 1. The molecule has 21 heavy (non-hydrogen) atoms. The van der Waals surface area contributed by atoms with Gasteiger partial charge < -0.3 is 10.0 Å². The van der Waals surface area contributed by atoms with Gasteiger partial charge in [0, 0.05) is 24.9 Å². The molecule has 0 saturated heterocycles. The first kappa shape index (κ1) is 15.3. The van der Waals surface area contributed by atoms with Gasteiger partial charge in [-0.05, 0) is 32.4 Å². The van der Waals surface area contributed by atoms with Crippen LogP contribution < -0.4 is 0 Å². The van der Waals surface area contributed by atoms with Crippen molar-refractivity contribution in [2.75, 3.05) is 13.2 Å². The monoisotopic (exact) mass is 287 g/mol. The van der Waals surface area contributed by atoms with Crippen molar-refractivity contribution >= 4 is 5.91 Å². The number of rotatable bonds is 6. The quantitative estimate of drug-likeness (QED) is 0.885. The number of aliphatic hydroxyl groups excluding tert-OH is 1. The molecule has 0 bridgehead atoms. The Labute approximate surface area is 124 Å². The van der Waals surface area contributed by atoms with E-state index in [4.69, 9.17) is 5.11 Å². The van der Waals surface area contributed by atoms with Gasteiger partial charge in [0.05, 0.1) is 12.5 Å². The Balaban J connectivity index is 2.29. The third-order valence-corrected chi connectivity index (χ3v) is 3.33. The van der Waals surface area contributed by atoms with E-state index in [0.29, 0.717) is 18.7 Å². The van der Waals surface area contributed by atoms with Crippen LogP contribution in [0.1, 0.15) is 30.8 Å². The number of carbonyl (C=O) groups excluding carboxylic acids is 1. The fourth-order valence-electron chi connectivity index (χ4n) is 2.23. The highest BCUT2D eigenvalue weighted by Crippen LogP contribution is 2.14. The Hall–Kier alpha value is -2.14. The minimum atomic E-state index is -0.0696. The van der Waals surface area contributed by atoms with Gasteiger partial charge in [-0.25, -0.2) is 4.98 Å². The zero-order chi connectivity index (χ0) is 15.2. The molecule has 0 aliphatic heterocycles. The highest BCUT2D eigenvalue weighted by atomic mass is 16.3. The SMILES string of the molecule is CC(C)N(CCCO)C(=O)c1cncn1-c1ccccc1. The molecule has 2 aromatic rings. The first-order chi connectivity index (χ1) is 10.1. The van der Waals surface area contributed by atoms with Crippen LogP contribution >= 0.6 is 0 Å². The minimum absolute atomic E-state index is 0.0696. The Kier molecular flexibility index (Phi) is 5.11. The number of hydrogen-bond acceptors (Lipinski definition) is 3. The van der Waals surface area contributed by atoms with Gasteiger partial charge in [0.25, 0.3) is 5.91 Å². The van der Waals surface area contributed by atoms with Gasteiger partial charge in [0.1, 0.15) is 5.69 Å². The van der Waals surface area contributed by atoms with Crippen molar-refractivity contribution in [1.82, 2.24) is 14.5 Å². The van der Waals surface area contributed by atoms with Gasteiger partial charge in [-0.1, -0.05) is 18.2 Å². The van der Waals surface area contributed by atoms with E-state index in [-0.39, 0.29) is 18.6 Å². The summed E-state index contributed by atoms with van der Waals surface area (Å²) >= 11 is 0. The lowest BCUT2D eigenvalue weighted by atomic mass is 10.2. The summed E-state index contributed by atoms with van der Waals surface area (Å²) in [6, 6.07) is 9.73. The number of carbonyl (C=O) groups is 1. The summed E-state index contributed by atoms with van der Waals surface area (Å²) in [4.78, 5) is 18.6. The molecule has 0 radical (unpaired) electrons. The molecule has 0 aliphatic rings. The van der Waals surface area contributed by atoms with Crippen LogP contribution in [0.15, 0.2) is 42.9 Å². The van der Waals surface area contributed by atoms with Crippen molar-refractivity contribution in [3.63, 3.8) is 0 Å². The standard InChI is InChI=1S/C16H21N3O2/c1-13(2)18(9-6-10-20)16(21)15-11-17-12-19(15)14-7-4-3-5-8-14/h3-5,7-8,11-13,20H,6,9-10H2,1-2H3. The molecular formula is C16H21N3O2. The van der Waals surface area contributed by atoms with E-state index < -0.39 is 0 Å². The van der Waals surface area contributed by atoms with Crippen molar-refractivity contribution in [1.29, 1.82) is 0 Å². The second kappa shape index (κ2) is 7.04. The molecule has 1 aromatic carbocycles. The zero-order valence-electron chi connectivity index (χ0n) is 12.4. The van der Waals surface area contributed by atoms with Crippen molar-refractivity contribution in [3.8, 4) is 5.69 Å². The number of imidazole rings is 1. The number of hydrogen-bond donors (Lipinski definition) is 1. The Morgan fingerprint density at radius 3 is 2.67 bits per heavy atom. The predicted octanol–water partition coefficient (Wildman–Crippen LogP) is 2.11. The van der Waals surface area contributed by atoms with Crippen LogP contribution in [0.25, 0.3) is 5.69 Å². The van der Waals surface area contributed by atoms with Crippen LogP contribution in [0.3, 0.4) is 0 Å². The molecular weight excluding hydrogens is 266 g/mol. The van der Waals surface area contributed by atoms with E-state index in [1.54, 1.807) is 22.0 Å². The van der Waals surface area contributed by atoms with E-state index in [1.807, 2.05) is 44.2 Å². The maximum absolute atomic E-state index is 12.7. The highest BCUT2D eigenvalue weighted by molar-refractivity contribution is 5.93. The van der Waals surface area contributed by atoms with Gasteiger partial charge in [0.15, 0.2) is 0 Å². The Bertz CT molecular complexity index is 578. The van der Waals surface area contributed by atoms with Crippen molar-refractivity contribution in [2.24, 2.45) is 0 Å². The summed E-state index contributed by atoms with van der Waals surface area (Å²) in [6.07, 6.45) is 3.81. The van der Waals surface area contributed by atoms with Gasteiger partial charge in [-0.2, -0.15) is 0 Å². The first-order valence-electron chi connectivity index (χ1n) is 7.14. The second-order valence-corrected chi connectivity index (χ2v) is 5.15. The zero-order valence-corrected chi connectivity index (χ0v) is 12.4. The van der Waals surface area contributed by atoms with Crippen molar-refractivity contribution in [2.45, 2.75) is 26.3 Å². The van der Waals surface area contributed by atoms with Gasteiger partial charge in [-0.15, -0.1) is 0 Å². The smallest absolute Gasteiger partial charge is 0.272 e. The number of para-hydroxylation sites is 1. The molecule has 0 spiro atoms. The van der Waals surface area contributed by atoms with Crippen molar-refractivity contribution < 1.29 is 9.90 Å². The second-order valence-electron chi connectivity index (χ2n) is 5.15. The molecule has 0 aliphatic carbocycles. The Morgan fingerprint density at radius 2 is 2.05 bits per heavy atom. The largest absolute Gasteiger partial charge is 0.396 e.